The van der Waals surface area contributed by atoms with E-state index in [2.05, 4.69) is 11.8 Å². The van der Waals surface area contributed by atoms with Crippen molar-refractivity contribution in [3.63, 3.8) is 0 Å². The van der Waals surface area contributed by atoms with Crippen molar-refractivity contribution in [2.75, 3.05) is 13.7 Å². The van der Waals surface area contributed by atoms with Gasteiger partial charge in [0.2, 0.25) is 6.41 Å². The predicted octanol–water partition coefficient (Wildman–Crippen LogP) is 0.730. The molecular weight excluding hydrogens is 220 g/mol. The molecule has 0 aliphatic rings. The largest absolute Gasteiger partial charge is 0.396 e. The molecule has 1 unspecified atom stereocenters. The van der Waals surface area contributed by atoms with E-state index in [0.717, 1.165) is 5.56 Å². The summed E-state index contributed by atoms with van der Waals surface area (Å²) < 4.78 is 5.21. The summed E-state index contributed by atoms with van der Waals surface area (Å²) >= 11 is 0. The summed E-state index contributed by atoms with van der Waals surface area (Å²) in [4.78, 5) is 8.58. The van der Waals surface area contributed by atoms with Gasteiger partial charge in [-0.15, -0.1) is 0 Å². The fourth-order valence-electron chi connectivity index (χ4n) is 1.31. The molecule has 0 saturated carbocycles. The Labute approximate surface area is 100 Å². The van der Waals surface area contributed by atoms with E-state index < -0.39 is 0 Å². The van der Waals surface area contributed by atoms with Crippen LogP contribution in [0.25, 0.3) is 0 Å². The van der Waals surface area contributed by atoms with Gasteiger partial charge in [0.25, 0.3) is 0 Å². The Morgan fingerprint density at radius 1 is 1.53 bits per heavy atom. The highest BCUT2D eigenvalue weighted by Gasteiger charge is 2.08. The van der Waals surface area contributed by atoms with Gasteiger partial charge in [-0.25, -0.2) is 0 Å². The lowest BCUT2D eigenvalue weighted by molar-refractivity contribution is -0.106. The van der Waals surface area contributed by atoms with Gasteiger partial charge in [0, 0.05) is 20.1 Å². The summed E-state index contributed by atoms with van der Waals surface area (Å²) in [6.07, 6.45) is 0.732. The molecule has 92 valence electrons. The highest BCUT2D eigenvalue weighted by Crippen LogP contribution is 2.20. The van der Waals surface area contributed by atoms with Crippen molar-refractivity contribution >= 4 is 6.41 Å². The molecule has 1 rings (SSSR count). The van der Waals surface area contributed by atoms with Crippen LogP contribution in [0.4, 0.5) is 0 Å². The number of benzene rings is 1. The molecule has 5 nitrogen and oxygen atoms in total. The molecular formula is C12H16N2O3. The lowest BCUT2D eigenvalue weighted by Crippen LogP contribution is -2.03. The zero-order valence-electron chi connectivity index (χ0n) is 9.67. The van der Waals surface area contributed by atoms with Crippen LogP contribution in [0.2, 0.25) is 0 Å². The second-order valence-electron chi connectivity index (χ2n) is 3.11. The van der Waals surface area contributed by atoms with E-state index in [-0.39, 0.29) is 19.1 Å². The third-order valence-corrected chi connectivity index (χ3v) is 2.09. The second kappa shape index (κ2) is 9.33. The molecule has 5 heteroatoms. The van der Waals surface area contributed by atoms with E-state index in [4.69, 9.17) is 19.9 Å². The Kier molecular flexibility index (Phi) is 8.29. The number of carbonyl (C=O) groups is 1. The van der Waals surface area contributed by atoms with E-state index in [1.54, 1.807) is 19.2 Å². The van der Waals surface area contributed by atoms with E-state index in [0.29, 0.717) is 12.0 Å². The van der Waals surface area contributed by atoms with Crippen LogP contribution in [0.5, 0.6) is 0 Å². The third-order valence-electron chi connectivity index (χ3n) is 2.09. The fourth-order valence-corrected chi connectivity index (χ4v) is 1.31. The number of methoxy groups -OCH3 is 1. The lowest BCUT2D eigenvalue weighted by Gasteiger charge is -2.13. The number of carbonyl (C=O) groups excluding carboxylic acids is 1. The number of aliphatic hydroxyl groups excluding tert-OH is 1. The van der Waals surface area contributed by atoms with Crippen LogP contribution in [0.3, 0.4) is 0 Å². The second-order valence-corrected chi connectivity index (χ2v) is 3.11. The quantitative estimate of drug-likeness (QED) is 0.753. The number of nitrogens with zero attached hydrogens (tertiary/aromatic N) is 1. The molecule has 1 aromatic carbocycles. The first-order valence-corrected chi connectivity index (χ1v) is 5.02. The molecule has 0 bridgehead atoms. The van der Waals surface area contributed by atoms with Crippen LogP contribution < -0.4 is 5.73 Å². The minimum atomic E-state index is -0.0901. The SMILES string of the molecule is COC(CCO)c1ccc(C#N)cc1.NC=O. The summed E-state index contributed by atoms with van der Waals surface area (Å²) in [5, 5.41) is 17.4. The first-order valence-electron chi connectivity index (χ1n) is 5.02. The summed E-state index contributed by atoms with van der Waals surface area (Å²) in [5.41, 5.74) is 5.79. The number of aliphatic hydroxyl groups is 1. The molecule has 0 radical (unpaired) electrons. The summed E-state index contributed by atoms with van der Waals surface area (Å²) in [7, 11) is 1.61. The normalized spacial score (nSPS) is 10.6. The topological polar surface area (TPSA) is 96.3 Å². The minimum Gasteiger partial charge on any atom is -0.396 e. The monoisotopic (exact) mass is 236 g/mol. The smallest absolute Gasteiger partial charge is 0.204 e. The van der Waals surface area contributed by atoms with Gasteiger partial charge in [0.15, 0.2) is 0 Å². The molecule has 0 spiro atoms. The molecule has 1 atom stereocenters. The number of hydrogen-bond acceptors (Lipinski definition) is 4. The van der Waals surface area contributed by atoms with Crippen LogP contribution >= 0.6 is 0 Å². The van der Waals surface area contributed by atoms with Gasteiger partial charge in [-0.05, 0) is 17.7 Å². The first-order chi connectivity index (χ1) is 8.23. The van der Waals surface area contributed by atoms with Gasteiger partial charge in [0.1, 0.15) is 0 Å². The van der Waals surface area contributed by atoms with Gasteiger partial charge in [0.05, 0.1) is 17.7 Å². The van der Waals surface area contributed by atoms with Gasteiger partial charge in [-0.2, -0.15) is 5.26 Å². The van der Waals surface area contributed by atoms with Gasteiger partial charge in [-0.3, -0.25) is 4.79 Å². The van der Waals surface area contributed by atoms with E-state index in [9.17, 15) is 0 Å². The zero-order valence-corrected chi connectivity index (χ0v) is 9.67. The van der Waals surface area contributed by atoms with Crippen molar-refractivity contribution in [3.8, 4) is 6.07 Å². The van der Waals surface area contributed by atoms with E-state index in [1.165, 1.54) is 0 Å². The Morgan fingerprint density at radius 3 is 2.41 bits per heavy atom. The molecule has 17 heavy (non-hydrogen) atoms. The molecule has 0 heterocycles. The number of primary amides is 1. The summed E-state index contributed by atoms with van der Waals surface area (Å²) in [6, 6.07) is 9.25. The average Bonchev–Trinajstić information content (AvgIpc) is 2.37. The molecule has 0 saturated heterocycles. The lowest BCUT2D eigenvalue weighted by atomic mass is 10.1. The maximum absolute atomic E-state index is 8.80. The average molecular weight is 236 g/mol. The highest BCUT2D eigenvalue weighted by molar-refractivity contribution is 5.42. The van der Waals surface area contributed by atoms with E-state index >= 15 is 0 Å². The summed E-state index contributed by atoms with van der Waals surface area (Å²) in [6.45, 7) is 0.0957. The Hall–Kier alpha value is -1.90. The van der Waals surface area contributed by atoms with Crippen molar-refractivity contribution in [2.45, 2.75) is 12.5 Å². The number of amides is 1. The van der Waals surface area contributed by atoms with Crippen LogP contribution in [0, 0.1) is 11.3 Å². The Bertz CT molecular complexity index is 357. The standard InChI is InChI=1S/C11H13NO2.CH3NO/c1-14-11(6-7-13)10-4-2-9(8-12)3-5-10;2-1-3/h2-5,11,13H,6-7H2,1H3;1H,(H2,2,3). The minimum absolute atomic E-state index is 0.0901. The Balaban J connectivity index is 0.000000770. The molecule has 0 aromatic heterocycles. The number of nitriles is 1. The third kappa shape index (κ3) is 5.66. The summed E-state index contributed by atoms with van der Waals surface area (Å²) in [5.74, 6) is 0. The van der Waals surface area contributed by atoms with Crippen molar-refractivity contribution in [1.29, 1.82) is 5.26 Å². The number of ether oxygens (including phenoxy) is 1. The first kappa shape index (κ1) is 15.1. The van der Waals surface area contributed by atoms with Gasteiger partial charge >= 0.3 is 0 Å². The van der Waals surface area contributed by atoms with Crippen molar-refractivity contribution in [1.82, 2.24) is 0 Å². The van der Waals surface area contributed by atoms with E-state index in [1.807, 2.05) is 12.1 Å². The number of rotatable bonds is 4. The van der Waals surface area contributed by atoms with Crippen LogP contribution in [-0.2, 0) is 9.53 Å². The molecule has 3 N–H and O–H groups in total. The van der Waals surface area contributed by atoms with Crippen molar-refractivity contribution in [2.24, 2.45) is 5.73 Å². The molecule has 0 fully saturated rings. The fraction of sp³-hybridized carbons (Fsp3) is 0.333. The zero-order chi connectivity index (χ0) is 13.1. The van der Waals surface area contributed by atoms with Crippen molar-refractivity contribution in [3.05, 3.63) is 35.4 Å². The van der Waals surface area contributed by atoms with Crippen molar-refractivity contribution < 1.29 is 14.6 Å². The Morgan fingerprint density at radius 2 is 2.06 bits per heavy atom. The highest BCUT2D eigenvalue weighted by atomic mass is 16.5. The molecule has 0 aliphatic heterocycles. The molecule has 1 aromatic rings. The number of hydrogen-bond donors (Lipinski definition) is 2. The van der Waals surface area contributed by atoms with Gasteiger partial charge < -0.3 is 15.6 Å². The van der Waals surface area contributed by atoms with Crippen LogP contribution in [0.1, 0.15) is 23.7 Å². The van der Waals surface area contributed by atoms with Gasteiger partial charge in [-0.1, -0.05) is 12.1 Å². The molecule has 0 aliphatic carbocycles. The predicted molar refractivity (Wildman–Crippen MR) is 62.9 cm³/mol. The molecule has 1 amide bonds. The maximum Gasteiger partial charge on any atom is 0.204 e. The number of nitrogens with two attached hydrogens (primary N) is 1. The maximum atomic E-state index is 8.80. The van der Waals surface area contributed by atoms with Crippen LogP contribution in [-0.4, -0.2) is 25.2 Å². The van der Waals surface area contributed by atoms with Crippen LogP contribution in [0.15, 0.2) is 24.3 Å².